The van der Waals surface area contributed by atoms with Crippen LogP contribution < -0.4 is 0 Å². The standard InChI is InChI=1S/C32H20N2/c1-2-12-22-21(11-1)23-13-3-7-17-27(23)33-29-19-9-5-15-25(29)31-26-16-6-10-20-30(26)34(32(31)33)28-18-8-4-14-24(22)28/h1-20H. The van der Waals surface area contributed by atoms with Crippen molar-refractivity contribution in [2.75, 3.05) is 0 Å². The van der Waals surface area contributed by atoms with Crippen molar-refractivity contribution in [1.29, 1.82) is 0 Å². The summed E-state index contributed by atoms with van der Waals surface area (Å²) in [5, 5.41) is 8.88. The molecule has 0 amide bonds. The summed E-state index contributed by atoms with van der Waals surface area (Å²) in [4.78, 5) is 0. The SMILES string of the molecule is c1ccc2c(c1)c1ccccc1n1c3ccccc3c3c4ccccc4n(c4ccccc24)c31. The number of hydrogen-bond acceptors (Lipinski definition) is 0. The molecule has 0 fully saturated rings. The number of hydrogen-bond donors (Lipinski definition) is 0. The Morgan fingerprint density at radius 2 is 0.588 bits per heavy atom. The summed E-state index contributed by atoms with van der Waals surface area (Å²) >= 11 is 0. The van der Waals surface area contributed by atoms with Gasteiger partial charge >= 0.3 is 0 Å². The molecule has 0 aliphatic carbocycles. The van der Waals surface area contributed by atoms with E-state index in [4.69, 9.17) is 0 Å². The Labute approximate surface area is 195 Å². The van der Waals surface area contributed by atoms with Gasteiger partial charge in [0.15, 0.2) is 0 Å². The third-order valence-corrected chi connectivity index (χ3v) is 7.27. The lowest BCUT2D eigenvalue weighted by Crippen LogP contribution is -1.91. The molecule has 0 atom stereocenters. The molecule has 0 aliphatic rings. The molecule has 0 spiro atoms. The fourth-order valence-electron chi connectivity index (χ4n) is 5.93. The second-order valence-electron chi connectivity index (χ2n) is 8.98. The molecule has 8 rings (SSSR count). The number of rotatable bonds is 0. The van der Waals surface area contributed by atoms with E-state index in [0.717, 1.165) is 0 Å². The van der Waals surface area contributed by atoms with Gasteiger partial charge in [0.25, 0.3) is 0 Å². The van der Waals surface area contributed by atoms with Crippen LogP contribution in [0.3, 0.4) is 0 Å². The van der Waals surface area contributed by atoms with Crippen LogP contribution in [0.1, 0.15) is 0 Å². The summed E-state index contributed by atoms with van der Waals surface area (Å²) in [6.45, 7) is 0. The van der Waals surface area contributed by atoms with Crippen LogP contribution in [-0.4, -0.2) is 8.80 Å². The Morgan fingerprint density at radius 1 is 0.294 bits per heavy atom. The second kappa shape index (κ2) is 6.49. The topological polar surface area (TPSA) is 8.82 Å². The van der Waals surface area contributed by atoms with Gasteiger partial charge < -0.3 is 0 Å². The van der Waals surface area contributed by atoms with Crippen LogP contribution >= 0.6 is 0 Å². The van der Waals surface area contributed by atoms with Crippen molar-refractivity contribution in [2.45, 2.75) is 0 Å². The van der Waals surface area contributed by atoms with Crippen LogP contribution in [0.25, 0.3) is 65.4 Å². The quantitative estimate of drug-likeness (QED) is 0.227. The lowest BCUT2D eigenvalue weighted by atomic mass is 10.0. The van der Waals surface area contributed by atoms with Gasteiger partial charge in [-0.3, -0.25) is 8.80 Å². The number of nitrogens with zero attached hydrogens (tertiary/aromatic N) is 2. The van der Waals surface area contributed by atoms with Gasteiger partial charge in [-0.2, -0.15) is 0 Å². The van der Waals surface area contributed by atoms with Gasteiger partial charge in [0.1, 0.15) is 5.65 Å². The summed E-state index contributed by atoms with van der Waals surface area (Å²) in [7, 11) is 0. The Balaban J connectivity index is 1.95. The van der Waals surface area contributed by atoms with Gasteiger partial charge in [-0.25, -0.2) is 0 Å². The maximum Gasteiger partial charge on any atom is 0.131 e. The monoisotopic (exact) mass is 432 g/mol. The van der Waals surface area contributed by atoms with E-state index < -0.39 is 0 Å². The first kappa shape index (κ1) is 17.9. The first-order chi connectivity index (χ1) is 16.9. The minimum absolute atomic E-state index is 1.21. The normalized spacial score (nSPS) is 12.1. The van der Waals surface area contributed by atoms with E-state index in [0.29, 0.717) is 0 Å². The van der Waals surface area contributed by atoms with Gasteiger partial charge in [-0.05, 0) is 35.0 Å². The molecule has 3 heterocycles. The van der Waals surface area contributed by atoms with Crippen LogP contribution in [0, 0.1) is 0 Å². The van der Waals surface area contributed by atoms with E-state index in [-0.39, 0.29) is 0 Å². The highest BCUT2D eigenvalue weighted by molar-refractivity contribution is 6.24. The predicted molar refractivity (Wildman–Crippen MR) is 145 cm³/mol. The third-order valence-electron chi connectivity index (χ3n) is 7.27. The molecule has 0 saturated heterocycles. The van der Waals surface area contributed by atoms with E-state index in [9.17, 15) is 0 Å². The Morgan fingerprint density at radius 3 is 1.00 bits per heavy atom. The first-order valence-electron chi connectivity index (χ1n) is 11.7. The molecule has 0 bridgehead atoms. The van der Waals surface area contributed by atoms with Crippen LogP contribution in [0.5, 0.6) is 0 Å². The Bertz CT molecular complexity index is 1970. The molecular weight excluding hydrogens is 412 g/mol. The van der Waals surface area contributed by atoms with Crippen molar-refractivity contribution >= 4 is 65.4 Å². The molecular formula is C32H20N2. The van der Waals surface area contributed by atoms with Crippen molar-refractivity contribution in [1.82, 2.24) is 8.80 Å². The largest absolute Gasteiger partial charge is 0.294 e. The molecule has 0 radical (unpaired) electrons. The first-order valence-corrected chi connectivity index (χ1v) is 11.7. The zero-order valence-corrected chi connectivity index (χ0v) is 18.4. The van der Waals surface area contributed by atoms with Crippen LogP contribution in [-0.2, 0) is 0 Å². The van der Waals surface area contributed by atoms with Gasteiger partial charge in [-0.1, -0.05) is 97.1 Å². The van der Waals surface area contributed by atoms with E-state index in [1.807, 2.05) is 0 Å². The van der Waals surface area contributed by atoms with Crippen molar-refractivity contribution in [3.05, 3.63) is 121 Å². The fourth-order valence-corrected chi connectivity index (χ4v) is 5.93. The van der Waals surface area contributed by atoms with Gasteiger partial charge in [0.2, 0.25) is 0 Å². The molecule has 158 valence electrons. The van der Waals surface area contributed by atoms with Crippen LogP contribution in [0.2, 0.25) is 0 Å². The predicted octanol–water partition coefficient (Wildman–Crippen LogP) is 8.52. The third kappa shape index (κ3) is 2.15. The lowest BCUT2D eigenvalue weighted by Gasteiger charge is -2.04. The molecule has 0 saturated carbocycles. The molecule has 2 heteroatoms. The number of benzene rings is 5. The van der Waals surface area contributed by atoms with E-state index in [1.54, 1.807) is 0 Å². The maximum atomic E-state index is 2.47. The average Bonchev–Trinajstić information content (AvgIpc) is 3.42. The zero-order chi connectivity index (χ0) is 22.2. The summed E-state index contributed by atoms with van der Waals surface area (Å²) < 4.78 is 4.94. The van der Waals surface area contributed by atoms with E-state index in [2.05, 4.69) is 130 Å². The van der Waals surface area contributed by atoms with Crippen LogP contribution in [0.15, 0.2) is 121 Å². The molecule has 0 unspecified atom stereocenters. The molecule has 3 aromatic heterocycles. The zero-order valence-electron chi connectivity index (χ0n) is 18.4. The van der Waals surface area contributed by atoms with Crippen molar-refractivity contribution in [3.8, 4) is 0 Å². The second-order valence-corrected chi connectivity index (χ2v) is 8.98. The lowest BCUT2D eigenvalue weighted by molar-refractivity contribution is 1.22. The fraction of sp³-hybridized carbons (Fsp3) is 0. The molecule has 0 N–H and O–H groups in total. The molecule has 2 nitrogen and oxygen atoms in total. The number of para-hydroxylation sites is 4. The highest BCUT2D eigenvalue weighted by atomic mass is 15.1. The number of fused-ring (bicyclic) bond motifs is 13. The number of aromatic nitrogens is 2. The molecule has 34 heavy (non-hydrogen) atoms. The van der Waals surface area contributed by atoms with Gasteiger partial charge in [-0.15, -0.1) is 0 Å². The maximum absolute atomic E-state index is 2.47. The van der Waals surface area contributed by atoms with Crippen LogP contribution in [0.4, 0.5) is 0 Å². The Kier molecular flexibility index (Phi) is 3.42. The van der Waals surface area contributed by atoms with Crippen molar-refractivity contribution in [3.63, 3.8) is 0 Å². The summed E-state index contributed by atoms with van der Waals surface area (Å²) in [6.07, 6.45) is 0. The van der Waals surface area contributed by atoms with Gasteiger partial charge in [0, 0.05) is 26.9 Å². The molecule has 5 aromatic carbocycles. The average molecular weight is 433 g/mol. The highest BCUT2D eigenvalue weighted by Gasteiger charge is 2.19. The summed E-state index contributed by atoms with van der Waals surface area (Å²) in [6, 6.07) is 44.1. The van der Waals surface area contributed by atoms with Crippen molar-refractivity contribution in [2.24, 2.45) is 0 Å². The minimum atomic E-state index is 1.21. The Hall–Kier alpha value is -4.56. The smallest absolute Gasteiger partial charge is 0.131 e. The molecule has 0 aliphatic heterocycles. The molecule has 8 aromatic rings. The summed E-state index contributed by atoms with van der Waals surface area (Å²) in [5.41, 5.74) is 6.10. The van der Waals surface area contributed by atoms with Gasteiger partial charge in [0.05, 0.1) is 22.1 Å². The van der Waals surface area contributed by atoms with E-state index >= 15 is 0 Å². The van der Waals surface area contributed by atoms with E-state index in [1.165, 1.54) is 65.4 Å². The highest BCUT2D eigenvalue weighted by Crippen LogP contribution is 2.40. The minimum Gasteiger partial charge on any atom is -0.294 e. The van der Waals surface area contributed by atoms with Crippen molar-refractivity contribution < 1.29 is 0 Å². The summed E-state index contributed by atoms with van der Waals surface area (Å²) in [5.74, 6) is 0.